The molecule has 1 rings (SSSR count). The molecule has 0 saturated carbocycles. The summed E-state index contributed by atoms with van der Waals surface area (Å²) < 4.78 is 4.63. The predicted molar refractivity (Wildman–Crippen MR) is 76.8 cm³/mol. The number of carbonyl (C=O) groups excluding carboxylic acids is 3. The Labute approximate surface area is 125 Å². The third-order valence-corrected chi connectivity index (χ3v) is 2.37. The maximum absolute atomic E-state index is 11.4. The first-order valence-corrected chi connectivity index (χ1v) is 6.04. The molecule has 114 valence electrons. The minimum Gasteiger partial charge on any atom is -0.461 e. The lowest BCUT2D eigenvalue weighted by Gasteiger charge is -2.06. The van der Waals surface area contributed by atoms with E-state index in [1.165, 1.54) is 18.2 Å². The van der Waals surface area contributed by atoms with Crippen molar-refractivity contribution in [3.8, 4) is 6.07 Å². The number of nitriles is 1. The predicted octanol–water partition coefficient (Wildman–Crippen LogP) is -0.261. The largest absolute Gasteiger partial charge is 0.461 e. The van der Waals surface area contributed by atoms with Gasteiger partial charge in [-0.15, -0.1) is 0 Å². The molecule has 9 heteroatoms. The van der Waals surface area contributed by atoms with Crippen molar-refractivity contribution in [2.24, 2.45) is 16.6 Å². The van der Waals surface area contributed by atoms with E-state index in [2.05, 4.69) is 15.3 Å². The smallest absolute Gasteiger partial charge is 0.369 e. The first kappa shape index (κ1) is 16.6. The van der Waals surface area contributed by atoms with Gasteiger partial charge in [0, 0.05) is 11.1 Å². The van der Waals surface area contributed by atoms with Crippen molar-refractivity contribution in [1.82, 2.24) is 0 Å². The highest BCUT2D eigenvalue weighted by Gasteiger charge is 2.13. The van der Waals surface area contributed by atoms with E-state index in [0.717, 1.165) is 0 Å². The van der Waals surface area contributed by atoms with Crippen molar-refractivity contribution in [3.05, 3.63) is 29.3 Å². The molecule has 0 unspecified atom stereocenters. The van der Waals surface area contributed by atoms with Gasteiger partial charge < -0.3 is 16.2 Å². The Balaban J connectivity index is 3.11. The van der Waals surface area contributed by atoms with Crippen molar-refractivity contribution in [1.29, 1.82) is 5.26 Å². The Morgan fingerprint density at radius 3 is 2.18 bits per heavy atom. The van der Waals surface area contributed by atoms with E-state index < -0.39 is 23.5 Å². The third-order valence-electron chi connectivity index (χ3n) is 2.37. The van der Waals surface area contributed by atoms with Gasteiger partial charge in [0.05, 0.1) is 12.3 Å². The van der Waals surface area contributed by atoms with Crippen LogP contribution in [0.3, 0.4) is 0 Å². The van der Waals surface area contributed by atoms with Crippen molar-refractivity contribution in [2.45, 2.75) is 6.92 Å². The molecule has 0 radical (unpaired) electrons. The van der Waals surface area contributed by atoms with Crippen molar-refractivity contribution in [2.75, 3.05) is 12.0 Å². The van der Waals surface area contributed by atoms with Gasteiger partial charge in [0.25, 0.3) is 0 Å². The minimum atomic E-state index is -0.904. The number of rotatable bonds is 6. The molecule has 1 aromatic carbocycles. The molecule has 0 fully saturated rings. The molecule has 0 saturated heterocycles. The number of ether oxygens (including phenoxy) is 1. The summed E-state index contributed by atoms with van der Waals surface area (Å²) in [6.45, 7) is 1.66. The van der Waals surface area contributed by atoms with Gasteiger partial charge in [0.15, 0.2) is 0 Å². The maximum atomic E-state index is 11.4. The third kappa shape index (κ3) is 4.31. The zero-order valence-electron chi connectivity index (χ0n) is 11.6. The number of nitrogens with one attached hydrogen (secondary N) is 1. The lowest BCUT2D eigenvalue weighted by molar-refractivity contribution is -0.134. The van der Waals surface area contributed by atoms with E-state index in [4.69, 9.17) is 16.7 Å². The molecule has 1 aromatic rings. The van der Waals surface area contributed by atoms with Crippen LogP contribution in [-0.2, 0) is 9.53 Å². The van der Waals surface area contributed by atoms with E-state index in [9.17, 15) is 14.4 Å². The molecule has 2 amide bonds. The highest BCUT2D eigenvalue weighted by molar-refractivity contribution is 6.43. The van der Waals surface area contributed by atoms with Crippen molar-refractivity contribution in [3.63, 3.8) is 0 Å². The number of benzene rings is 1. The molecule has 0 spiro atoms. The molecule has 0 aliphatic carbocycles. The van der Waals surface area contributed by atoms with Gasteiger partial charge >= 0.3 is 5.97 Å². The number of carbonyl (C=O) groups is 3. The number of esters is 1. The van der Waals surface area contributed by atoms with Crippen LogP contribution in [0.5, 0.6) is 0 Å². The van der Waals surface area contributed by atoms with Gasteiger partial charge in [-0.2, -0.15) is 10.4 Å². The maximum Gasteiger partial charge on any atom is 0.369 e. The monoisotopic (exact) mass is 303 g/mol. The summed E-state index contributed by atoms with van der Waals surface area (Å²) in [7, 11) is 0. The zero-order valence-corrected chi connectivity index (χ0v) is 11.6. The van der Waals surface area contributed by atoms with Crippen LogP contribution < -0.4 is 16.9 Å². The summed E-state index contributed by atoms with van der Waals surface area (Å²) in [5.74, 6) is -2.46. The Morgan fingerprint density at radius 1 is 1.23 bits per heavy atom. The molecule has 9 nitrogen and oxygen atoms in total. The second-order valence-corrected chi connectivity index (χ2v) is 3.93. The molecule has 0 aliphatic rings. The molecule has 0 heterocycles. The van der Waals surface area contributed by atoms with Crippen molar-refractivity contribution >= 4 is 29.2 Å². The summed E-state index contributed by atoms with van der Waals surface area (Å²) >= 11 is 0. The summed E-state index contributed by atoms with van der Waals surface area (Å²) in [4.78, 5) is 33.8. The number of nitrogens with two attached hydrogens (primary N) is 2. The number of nitrogens with zero attached hydrogens (tertiary/aromatic N) is 2. The van der Waals surface area contributed by atoms with Crippen molar-refractivity contribution < 1.29 is 19.1 Å². The van der Waals surface area contributed by atoms with Gasteiger partial charge in [-0.3, -0.25) is 15.0 Å². The molecule has 0 aromatic heterocycles. The molecular weight excluding hydrogens is 290 g/mol. The zero-order chi connectivity index (χ0) is 16.7. The summed E-state index contributed by atoms with van der Waals surface area (Å²) in [5, 5.41) is 12.4. The highest BCUT2D eigenvalue weighted by Crippen LogP contribution is 2.15. The van der Waals surface area contributed by atoms with Gasteiger partial charge in [0.2, 0.25) is 17.5 Å². The van der Waals surface area contributed by atoms with Gasteiger partial charge in [-0.05, 0) is 25.1 Å². The van der Waals surface area contributed by atoms with Crippen LogP contribution in [0, 0.1) is 11.3 Å². The Bertz CT molecular complexity index is 658. The number of amides is 2. The van der Waals surface area contributed by atoms with Gasteiger partial charge in [-0.25, -0.2) is 4.79 Å². The fourth-order valence-corrected chi connectivity index (χ4v) is 1.41. The van der Waals surface area contributed by atoms with E-state index in [1.54, 1.807) is 13.0 Å². The molecule has 22 heavy (non-hydrogen) atoms. The Morgan fingerprint density at radius 2 is 1.77 bits per heavy atom. The molecule has 0 bridgehead atoms. The van der Waals surface area contributed by atoms with E-state index in [-0.39, 0.29) is 23.4 Å². The van der Waals surface area contributed by atoms with E-state index in [1.807, 2.05) is 0 Å². The van der Waals surface area contributed by atoms with Crippen LogP contribution >= 0.6 is 0 Å². The second kappa shape index (κ2) is 7.39. The topological polar surface area (TPSA) is 161 Å². The van der Waals surface area contributed by atoms with Crippen LogP contribution in [0.15, 0.2) is 23.3 Å². The summed E-state index contributed by atoms with van der Waals surface area (Å²) in [6, 6.07) is 5.36. The summed E-state index contributed by atoms with van der Waals surface area (Å²) in [5.41, 5.74) is 12.3. The second-order valence-electron chi connectivity index (χ2n) is 3.93. The average molecular weight is 303 g/mol. The SMILES string of the molecule is CCOC(=O)/C(C#N)=N/Nc1cc(C(N)=O)cc(C(N)=O)c1. The van der Waals surface area contributed by atoms with E-state index in [0.29, 0.717) is 0 Å². The quantitative estimate of drug-likeness (QED) is 0.372. The first-order chi connectivity index (χ1) is 10.4. The normalized spacial score (nSPS) is 10.5. The molecular formula is C13H13N5O4. The van der Waals surface area contributed by atoms with Gasteiger partial charge in [0.1, 0.15) is 6.07 Å². The number of primary amides is 2. The summed E-state index contributed by atoms with van der Waals surface area (Å²) in [6.07, 6.45) is 0. The lowest BCUT2D eigenvalue weighted by Crippen LogP contribution is -2.18. The lowest BCUT2D eigenvalue weighted by atomic mass is 10.1. The van der Waals surface area contributed by atoms with Gasteiger partial charge in [-0.1, -0.05) is 0 Å². The number of hydrogen-bond donors (Lipinski definition) is 3. The number of hydrazone groups is 1. The van der Waals surface area contributed by atoms with Crippen LogP contribution in [0.4, 0.5) is 5.69 Å². The van der Waals surface area contributed by atoms with E-state index >= 15 is 0 Å². The van der Waals surface area contributed by atoms with Crippen LogP contribution in [0.2, 0.25) is 0 Å². The Hall–Kier alpha value is -3.41. The van der Waals surface area contributed by atoms with Crippen LogP contribution in [-0.4, -0.2) is 30.1 Å². The number of anilines is 1. The average Bonchev–Trinajstić information content (AvgIpc) is 2.47. The fourth-order valence-electron chi connectivity index (χ4n) is 1.41. The molecule has 0 atom stereocenters. The highest BCUT2D eigenvalue weighted by atomic mass is 16.5. The Kier molecular flexibility index (Phi) is 5.59. The number of hydrogen-bond acceptors (Lipinski definition) is 7. The van der Waals surface area contributed by atoms with Crippen LogP contribution in [0.25, 0.3) is 0 Å². The molecule has 5 N–H and O–H groups in total. The molecule has 0 aliphatic heterocycles. The first-order valence-electron chi connectivity index (χ1n) is 6.04. The minimum absolute atomic E-state index is 0.0173. The van der Waals surface area contributed by atoms with Crippen LogP contribution in [0.1, 0.15) is 27.6 Å². The fraction of sp³-hybridized carbons (Fsp3) is 0.154. The standard InChI is InChI=1S/C13H13N5O4/c1-2-22-13(21)10(6-14)18-17-9-4-7(11(15)19)3-8(5-9)12(16)20/h3-5,17H,2H2,1H3,(H2,15,19)(H2,16,20)/b18-10+.